The molecule has 0 N–H and O–H groups in total. The molecule has 2 aliphatic heterocycles. The minimum Gasteiger partial charge on any atom is -0.290 e. The van der Waals surface area contributed by atoms with Crippen LogP contribution in [0.4, 0.5) is 10.1 Å². The number of nitrogens with zero attached hydrogens (tertiary/aromatic N) is 2. The molecule has 0 saturated carbocycles. The molecule has 3 nitrogen and oxygen atoms in total. The fraction of sp³-hybridized carbons (Fsp3) is 0.278. The van der Waals surface area contributed by atoms with Crippen LogP contribution < -0.4 is 4.90 Å². The van der Waals surface area contributed by atoms with Gasteiger partial charge in [0.05, 0.1) is 16.1 Å². The molecule has 4 rings (SSSR count). The van der Waals surface area contributed by atoms with E-state index in [1.165, 1.54) is 12.1 Å². The summed E-state index contributed by atoms with van der Waals surface area (Å²) in [7, 11) is 0. The van der Waals surface area contributed by atoms with E-state index in [0.717, 1.165) is 24.9 Å². The summed E-state index contributed by atoms with van der Waals surface area (Å²) in [5.41, 5.74) is 1.44. The molecule has 6 heteroatoms. The lowest BCUT2D eigenvalue weighted by Gasteiger charge is -2.30. The highest BCUT2D eigenvalue weighted by Gasteiger charge is 2.49. The number of rotatable bonds is 2. The zero-order chi connectivity index (χ0) is 16.8. The first-order valence-electron chi connectivity index (χ1n) is 7.85. The lowest BCUT2D eigenvalue weighted by atomic mass is 10.1. The van der Waals surface area contributed by atoms with Gasteiger partial charge < -0.3 is 0 Å². The normalized spacial score (nSPS) is 23.8. The average Bonchev–Trinajstić information content (AvgIpc) is 3.12. The van der Waals surface area contributed by atoms with Crippen molar-refractivity contribution in [1.82, 2.24) is 4.90 Å². The second-order valence-electron chi connectivity index (χ2n) is 6.13. The van der Waals surface area contributed by atoms with Crippen LogP contribution in [0.3, 0.4) is 0 Å². The summed E-state index contributed by atoms with van der Waals surface area (Å²) in [6.07, 6.45) is 1.47. The van der Waals surface area contributed by atoms with Crippen LogP contribution in [0.5, 0.6) is 0 Å². The molecule has 124 valence electrons. The van der Waals surface area contributed by atoms with Gasteiger partial charge in [0.15, 0.2) is 0 Å². The third kappa shape index (κ3) is 2.50. The first-order chi connectivity index (χ1) is 11.6. The predicted octanol–water partition coefficient (Wildman–Crippen LogP) is 4.64. The molecular formula is C18H15Cl2FN2O. The number of fused-ring (bicyclic) bond motifs is 1. The number of carbonyl (C=O) groups excluding carboxylic acids is 1. The van der Waals surface area contributed by atoms with E-state index >= 15 is 0 Å². The van der Waals surface area contributed by atoms with Crippen LogP contribution >= 0.6 is 23.2 Å². The van der Waals surface area contributed by atoms with Crippen molar-refractivity contribution in [3.05, 3.63) is 63.9 Å². The molecule has 0 radical (unpaired) electrons. The van der Waals surface area contributed by atoms with Crippen molar-refractivity contribution in [2.45, 2.75) is 25.0 Å². The maximum Gasteiger partial charge on any atom is 0.246 e. The second kappa shape index (κ2) is 6.03. The van der Waals surface area contributed by atoms with Crippen LogP contribution in [0.15, 0.2) is 42.5 Å². The number of halogens is 3. The van der Waals surface area contributed by atoms with E-state index in [0.29, 0.717) is 15.7 Å². The molecular weight excluding hydrogens is 350 g/mol. The van der Waals surface area contributed by atoms with Crippen LogP contribution in [0.25, 0.3) is 0 Å². The van der Waals surface area contributed by atoms with Crippen molar-refractivity contribution >= 4 is 34.8 Å². The van der Waals surface area contributed by atoms with Crippen molar-refractivity contribution < 1.29 is 9.18 Å². The largest absolute Gasteiger partial charge is 0.290 e. The summed E-state index contributed by atoms with van der Waals surface area (Å²) >= 11 is 12.1. The van der Waals surface area contributed by atoms with Crippen LogP contribution in [0, 0.1) is 5.82 Å². The van der Waals surface area contributed by atoms with Crippen LogP contribution in [-0.4, -0.2) is 23.4 Å². The van der Waals surface area contributed by atoms with Gasteiger partial charge in [-0.3, -0.25) is 14.6 Å². The minimum atomic E-state index is -0.321. The maximum atomic E-state index is 13.7. The van der Waals surface area contributed by atoms with E-state index in [9.17, 15) is 9.18 Å². The number of anilines is 1. The lowest BCUT2D eigenvalue weighted by molar-refractivity contribution is -0.119. The molecule has 2 aromatic rings. The van der Waals surface area contributed by atoms with Crippen LogP contribution in [0.1, 0.15) is 24.6 Å². The molecule has 1 amide bonds. The van der Waals surface area contributed by atoms with Crippen LogP contribution in [-0.2, 0) is 4.79 Å². The monoisotopic (exact) mass is 364 g/mol. The fourth-order valence-corrected chi connectivity index (χ4v) is 3.98. The molecule has 2 aliphatic rings. The predicted molar refractivity (Wildman–Crippen MR) is 92.8 cm³/mol. The highest BCUT2D eigenvalue weighted by atomic mass is 35.5. The van der Waals surface area contributed by atoms with Crippen molar-refractivity contribution in [2.24, 2.45) is 0 Å². The number of carbonyl (C=O) groups is 1. The molecule has 0 unspecified atom stereocenters. The molecule has 0 bridgehead atoms. The van der Waals surface area contributed by atoms with Gasteiger partial charge in [-0.2, -0.15) is 0 Å². The van der Waals surface area contributed by atoms with Gasteiger partial charge in [-0.1, -0.05) is 35.3 Å². The quantitative estimate of drug-likeness (QED) is 0.774. The van der Waals surface area contributed by atoms with Crippen molar-refractivity contribution in [3.8, 4) is 0 Å². The molecule has 2 saturated heterocycles. The van der Waals surface area contributed by atoms with Crippen molar-refractivity contribution in [1.29, 1.82) is 0 Å². The van der Waals surface area contributed by atoms with Gasteiger partial charge in [0.2, 0.25) is 5.91 Å². The Kier molecular flexibility index (Phi) is 3.99. The summed E-state index contributed by atoms with van der Waals surface area (Å²) in [4.78, 5) is 16.8. The van der Waals surface area contributed by atoms with Gasteiger partial charge >= 0.3 is 0 Å². The molecule has 0 aliphatic carbocycles. The van der Waals surface area contributed by atoms with E-state index in [2.05, 4.69) is 4.90 Å². The van der Waals surface area contributed by atoms with Gasteiger partial charge in [-0.15, -0.1) is 0 Å². The summed E-state index contributed by atoms with van der Waals surface area (Å²) < 4.78 is 13.7. The third-order valence-corrected chi connectivity index (χ3v) is 5.44. The van der Waals surface area contributed by atoms with Gasteiger partial charge in [-0.25, -0.2) is 4.39 Å². The first kappa shape index (κ1) is 15.9. The Morgan fingerprint density at radius 1 is 1.08 bits per heavy atom. The zero-order valence-electron chi connectivity index (χ0n) is 12.8. The van der Waals surface area contributed by atoms with Crippen molar-refractivity contribution in [2.75, 3.05) is 11.4 Å². The topological polar surface area (TPSA) is 23.6 Å². The zero-order valence-corrected chi connectivity index (χ0v) is 14.3. The SMILES string of the molecule is O=C1[C@@H]2CCCN2[C@@H](c2cccc(F)c2)N1c1ccc(Cl)c(Cl)c1. The van der Waals surface area contributed by atoms with E-state index in [-0.39, 0.29) is 23.9 Å². The smallest absolute Gasteiger partial charge is 0.246 e. The van der Waals surface area contributed by atoms with E-state index < -0.39 is 0 Å². The van der Waals surface area contributed by atoms with Gasteiger partial charge in [0.25, 0.3) is 0 Å². The highest BCUT2D eigenvalue weighted by Crippen LogP contribution is 2.43. The Labute approximate surface area is 149 Å². The Balaban J connectivity index is 1.83. The molecule has 2 fully saturated rings. The van der Waals surface area contributed by atoms with E-state index in [1.807, 2.05) is 6.07 Å². The summed E-state index contributed by atoms with van der Waals surface area (Å²) in [5.74, 6) is -0.281. The molecule has 0 spiro atoms. The summed E-state index contributed by atoms with van der Waals surface area (Å²) in [6, 6.07) is 11.4. The summed E-state index contributed by atoms with van der Waals surface area (Å²) in [5, 5.41) is 0.835. The third-order valence-electron chi connectivity index (χ3n) is 4.70. The highest BCUT2D eigenvalue weighted by molar-refractivity contribution is 6.42. The van der Waals surface area contributed by atoms with Crippen molar-refractivity contribution in [3.63, 3.8) is 0 Å². The Morgan fingerprint density at radius 2 is 1.92 bits per heavy atom. The Morgan fingerprint density at radius 3 is 2.67 bits per heavy atom. The maximum absolute atomic E-state index is 13.7. The Bertz CT molecular complexity index is 813. The number of hydrogen-bond acceptors (Lipinski definition) is 2. The van der Waals surface area contributed by atoms with Gasteiger partial charge in [0.1, 0.15) is 12.0 Å². The number of hydrogen-bond donors (Lipinski definition) is 0. The molecule has 24 heavy (non-hydrogen) atoms. The minimum absolute atomic E-state index is 0.0279. The second-order valence-corrected chi connectivity index (χ2v) is 6.95. The van der Waals surface area contributed by atoms with E-state index in [1.54, 1.807) is 29.2 Å². The van der Waals surface area contributed by atoms with Gasteiger partial charge in [0, 0.05) is 12.2 Å². The average molecular weight is 365 g/mol. The van der Waals surface area contributed by atoms with Gasteiger partial charge in [-0.05, 0) is 48.7 Å². The number of amides is 1. The molecule has 2 heterocycles. The molecule has 2 atom stereocenters. The first-order valence-corrected chi connectivity index (χ1v) is 8.61. The summed E-state index contributed by atoms with van der Waals surface area (Å²) in [6.45, 7) is 0.815. The molecule has 2 aromatic carbocycles. The lowest BCUT2D eigenvalue weighted by Crippen LogP contribution is -2.32. The molecule has 0 aromatic heterocycles. The fourth-order valence-electron chi connectivity index (χ4n) is 3.69. The standard InChI is InChI=1S/C18H15Cl2FN2O/c19-14-7-6-13(10-15(14)20)23-17(11-3-1-4-12(21)9-11)22-8-2-5-16(22)18(23)24/h1,3-4,6-7,9-10,16-17H,2,5,8H2/t16-,17+/m0/s1. The van der Waals surface area contributed by atoms with E-state index in [4.69, 9.17) is 23.2 Å². The Hall–Kier alpha value is -1.62. The van der Waals surface area contributed by atoms with Crippen LogP contribution in [0.2, 0.25) is 10.0 Å². The number of benzene rings is 2.